The number of benzene rings is 1. The summed E-state index contributed by atoms with van der Waals surface area (Å²) in [6.45, 7) is 3.11. The average Bonchev–Trinajstić information content (AvgIpc) is 2.42. The van der Waals surface area contributed by atoms with E-state index in [4.69, 9.17) is 14.6 Å². The van der Waals surface area contributed by atoms with Gasteiger partial charge >= 0.3 is 0 Å². The van der Waals surface area contributed by atoms with Crippen LogP contribution in [-0.2, 0) is 6.54 Å². The lowest BCUT2D eigenvalue weighted by atomic mass is 10.1. The van der Waals surface area contributed by atoms with Crippen LogP contribution in [0.15, 0.2) is 18.2 Å². The lowest BCUT2D eigenvalue weighted by Crippen LogP contribution is -2.25. The summed E-state index contributed by atoms with van der Waals surface area (Å²) in [4.78, 5) is 0. The average molecular weight is 253 g/mol. The Labute approximate surface area is 109 Å². The fourth-order valence-corrected chi connectivity index (χ4v) is 1.78. The largest absolute Gasteiger partial charge is 0.497 e. The molecule has 0 spiro atoms. The number of rotatable bonds is 8. The monoisotopic (exact) mass is 253 g/mol. The van der Waals surface area contributed by atoms with Gasteiger partial charge in [0.25, 0.3) is 0 Å². The van der Waals surface area contributed by atoms with Crippen LogP contribution >= 0.6 is 0 Å². The first-order valence-corrected chi connectivity index (χ1v) is 6.26. The summed E-state index contributed by atoms with van der Waals surface area (Å²) in [5.74, 6) is 1.63. The van der Waals surface area contributed by atoms with E-state index in [1.165, 1.54) is 0 Å². The standard InChI is InChI=1S/C14H23NO3/c1-11(5-4-8-16)15-10-12-6-7-13(17-2)9-14(12)18-3/h6-7,9,11,15-16H,4-5,8,10H2,1-3H3. The second-order valence-corrected chi connectivity index (χ2v) is 4.33. The second-order valence-electron chi connectivity index (χ2n) is 4.33. The molecule has 2 N–H and O–H groups in total. The number of hydrogen-bond donors (Lipinski definition) is 2. The summed E-state index contributed by atoms with van der Waals surface area (Å²) in [7, 11) is 3.30. The van der Waals surface area contributed by atoms with Gasteiger partial charge < -0.3 is 19.9 Å². The molecule has 0 heterocycles. The highest BCUT2D eigenvalue weighted by molar-refractivity contribution is 5.40. The number of aliphatic hydroxyl groups is 1. The highest BCUT2D eigenvalue weighted by Crippen LogP contribution is 2.24. The van der Waals surface area contributed by atoms with Crippen molar-refractivity contribution < 1.29 is 14.6 Å². The third kappa shape index (κ3) is 4.55. The lowest BCUT2D eigenvalue weighted by molar-refractivity contribution is 0.276. The number of nitrogens with one attached hydrogen (secondary N) is 1. The van der Waals surface area contributed by atoms with Gasteiger partial charge in [0, 0.05) is 30.8 Å². The quantitative estimate of drug-likeness (QED) is 0.743. The Morgan fingerprint density at radius 1 is 1.28 bits per heavy atom. The van der Waals surface area contributed by atoms with Crippen LogP contribution in [0.2, 0.25) is 0 Å². The molecule has 1 unspecified atom stereocenters. The minimum atomic E-state index is 0.248. The molecule has 1 atom stereocenters. The van der Waals surface area contributed by atoms with Crippen LogP contribution in [0.3, 0.4) is 0 Å². The molecule has 1 aromatic rings. The third-order valence-electron chi connectivity index (χ3n) is 2.93. The van der Waals surface area contributed by atoms with Crippen LogP contribution in [0.5, 0.6) is 11.5 Å². The van der Waals surface area contributed by atoms with Gasteiger partial charge in [-0.1, -0.05) is 6.07 Å². The van der Waals surface area contributed by atoms with Crippen LogP contribution < -0.4 is 14.8 Å². The van der Waals surface area contributed by atoms with Crippen molar-refractivity contribution in [3.05, 3.63) is 23.8 Å². The fourth-order valence-electron chi connectivity index (χ4n) is 1.78. The summed E-state index contributed by atoms with van der Waals surface area (Å²) in [5.41, 5.74) is 1.11. The minimum Gasteiger partial charge on any atom is -0.497 e. The molecule has 102 valence electrons. The molecule has 0 fully saturated rings. The summed E-state index contributed by atoms with van der Waals surface area (Å²) < 4.78 is 10.5. The van der Waals surface area contributed by atoms with E-state index < -0.39 is 0 Å². The molecular formula is C14H23NO3. The molecule has 0 saturated carbocycles. The Bertz CT molecular complexity index is 355. The van der Waals surface area contributed by atoms with Gasteiger partial charge in [0.1, 0.15) is 11.5 Å². The van der Waals surface area contributed by atoms with E-state index in [2.05, 4.69) is 12.2 Å². The van der Waals surface area contributed by atoms with E-state index >= 15 is 0 Å². The van der Waals surface area contributed by atoms with Crippen LogP contribution in [0.4, 0.5) is 0 Å². The molecule has 0 aliphatic carbocycles. The number of hydrogen-bond acceptors (Lipinski definition) is 4. The molecule has 4 heteroatoms. The topological polar surface area (TPSA) is 50.7 Å². The Balaban J connectivity index is 2.55. The van der Waals surface area contributed by atoms with Crippen LogP contribution in [-0.4, -0.2) is 32.0 Å². The summed E-state index contributed by atoms with van der Waals surface area (Å²) >= 11 is 0. The van der Waals surface area contributed by atoms with Crippen molar-refractivity contribution in [2.45, 2.75) is 32.4 Å². The molecule has 0 saturated heterocycles. The van der Waals surface area contributed by atoms with Gasteiger partial charge in [-0.25, -0.2) is 0 Å². The first-order chi connectivity index (χ1) is 8.71. The Morgan fingerprint density at radius 3 is 2.67 bits per heavy atom. The SMILES string of the molecule is COc1ccc(CNC(C)CCCO)c(OC)c1. The smallest absolute Gasteiger partial charge is 0.127 e. The predicted molar refractivity (Wildman–Crippen MR) is 72.2 cm³/mol. The lowest BCUT2D eigenvalue weighted by Gasteiger charge is -2.15. The number of methoxy groups -OCH3 is 2. The molecule has 4 nitrogen and oxygen atoms in total. The highest BCUT2D eigenvalue weighted by Gasteiger charge is 2.07. The third-order valence-corrected chi connectivity index (χ3v) is 2.93. The number of ether oxygens (including phenoxy) is 2. The van der Waals surface area contributed by atoms with Crippen LogP contribution in [0.25, 0.3) is 0 Å². The van der Waals surface area contributed by atoms with Crippen molar-refractivity contribution in [2.75, 3.05) is 20.8 Å². The van der Waals surface area contributed by atoms with Crippen LogP contribution in [0.1, 0.15) is 25.3 Å². The maximum Gasteiger partial charge on any atom is 0.127 e. The summed E-state index contributed by atoms with van der Waals surface area (Å²) in [6, 6.07) is 6.19. The maximum absolute atomic E-state index is 8.78. The zero-order valence-electron chi connectivity index (χ0n) is 11.4. The van der Waals surface area contributed by atoms with E-state index in [0.29, 0.717) is 6.04 Å². The van der Waals surface area contributed by atoms with Gasteiger partial charge in [0.05, 0.1) is 14.2 Å². The van der Waals surface area contributed by atoms with E-state index in [1.54, 1.807) is 14.2 Å². The second kappa shape index (κ2) is 7.95. The Hall–Kier alpha value is -1.26. The van der Waals surface area contributed by atoms with Crippen molar-refractivity contribution >= 4 is 0 Å². The molecule has 0 aliphatic heterocycles. The predicted octanol–water partition coefficient (Wildman–Crippen LogP) is 1.95. The summed E-state index contributed by atoms with van der Waals surface area (Å²) in [6.07, 6.45) is 1.79. The van der Waals surface area contributed by atoms with E-state index in [1.807, 2.05) is 18.2 Å². The van der Waals surface area contributed by atoms with E-state index in [9.17, 15) is 0 Å². The molecule has 0 aromatic heterocycles. The van der Waals surface area contributed by atoms with Crippen molar-refractivity contribution in [1.82, 2.24) is 5.32 Å². The van der Waals surface area contributed by atoms with Crippen molar-refractivity contribution in [3.8, 4) is 11.5 Å². The normalized spacial score (nSPS) is 12.2. The Kier molecular flexibility index (Phi) is 6.54. The molecule has 18 heavy (non-hydrogen) atoms. The Morgan fingerprint density at radius 2 is 2.06 bits per heavy atom. The van der Waals surface area contributed by atoms with Gasteiger partial charge in [-0.3, -0.25) is 0 Å². The van der Waals surface area contributed by atoms with E-state index in [-0.39, 0.29) is 6.61 Å². The fraction of sp³-hybridized carbons (Fsp3) is 0.571. The molecule has 0 radical (unpaired) electrons. The minimum absolute atomic E-state index is 0.248. The summed E-state index contributed by atoms with van der Waals surface area (Å²) in [5, 5.41) is 12.2. The molecule has 0 aliphatic rings. The highest BCUT2D eigenvalue weighted by atomic mass is 16.5. The first-order valence-electron chi connectivity index (χ1n) is 6.26. The van der Waals surface area contributed by atoms with Crippen molar-refractivity contribution in [3.63, 3.8) is 0 Å². The zero-order chi connectivity index (χ0) is 13.4. The maximum atomic E-state index is 8.78. The van der Waals surface area contributed by atoms with Gasteiger partial charge in [0.2, 0.25) is 0 Å². The molecule has 1 aromatic carbocycles. The first kappa shape index (κ1) is 14.8. The van der Waals surface area contributed by atoms with Gasteiger partial charge in [-0.2, -0.15) is 0 Å². The van der Waals surface area contributed by atoms with Crippen molar-refractivity contribution in [1.29, 1.82) is 0 Å². The molecular weight excluding hydrogens is 230 g/mol. The molecule has 0 bridgehead atoms. The van der Waals surface area contributed by atoms with Gasteiger partial charge in [-0.15, -0.1) is 0 Å². The van der Waals surface area contributed by atoms with Gasteiger partial charge in [-0.05, 0) is 25.8 Å². The molecule has 1 rings (SSSR count). The molecule has 0 amide bonds. The van der Waals surface area contributed by atoms with E-state index in [0.717, 1.165) is 36.4 Å². The van der Waals surface area contributed by atoms with Crippen molar-refractivity contribution in [2.24, 2.45) is 0 Å². The van der Waals surface area contributed by atoms with Crippen LogP contribution in [0, 0.1) is 0 Å². The number of aliphatic hydroxyl groups excluding tert-OH is 1. The zero-order valence-corrected chi connectivity index (χ0v) is 11.4. The van der Waals surface area contributed by atoms with Gasteiger partial charge in [0.15, 0.2) is 0 Å².